The largest absolute Gasteiger partial charge is 0.182 e. The van der Waals surface area contributed by atoms with Gasteiger partial charge < -0.3 is 0 Å². The second-order valence-corrected chi connectivity index (χ2v) is 30.8. The van der Waals surface area contributed by atoms with Crippen LogP contribution in [-0.2, 0) is 0 Å². The van der Waals surface area contributed by atoms with Gasteiger partial charge in [-0.3, -0.25) is 0 Å². The molecule has 0 spiro atoms. The fraction of sp³-hybridized carbons (Fsp3) is 0.154. The molecule has 7 rings (SSSR count). The lowest BCUT2D eigenvalue weighted by molar-refractivity contribution is 1.57. The lowest BCUT2D eigenvalue weighted by atomic mass is 9.89. The fourth-order valence-corrected chi connectivity index (χ4v) is 14.0. The Morgan fingerprint density at radius 1 is 0.373 bits per heavy atom. The molecule has 6 aromatic carbocycles. The molecule has 1 aliphatic heterocycles. The zero-order chi connectivity index (χ0) is 42.5. The van der Waals surface area contributed by atoms with Crippen molar-refractivity contribution in [3.05, 3.63) is 203 Å². The molecule has 0 unspecified atom stereocenters. The summed E-state index contributed by atoms with van der Waals surface area (Å²) in [5.74, 6) is 7.02. The van der Waals surface area contributed by atoms with Crippen molar-refractivity contribution in [2.24, 2.45) is 0 Å². The van der Waals surface area contributed by atoms with E-state index in [2.05, 4.69) is 232 Å². The summed E-state index contributed by atoms with van der Waals surface area (Å²) < 4.78 is 0. The van der Waals surface area contributed by atoms with Crippen molar-refractivity contribution in [1.29, 1.82) is 0 Å². The molecule has 0 aromatic heterocycles. The van der Waals surface area contributed by atoms with Crippen LogP contribution in [0, 0.1) is 22.9 Å². The molecule has 0 saturated heterocycles. The molecule has 0 bridgehead atoms. The van der Waals surface area contributed by atoms with E-state index >= 15 is 0 Å². The van der Waals surface area contributed by atoms with Crippen LogP contribution in [0.2, 0.25) is 39.3 Å². The Hall–Kier alpha value is -4.27. The predicted molar refractivity (Wildman–Crippen MR) is 271 cm³/mol. The third kappa shape index (κ3) is 11.5. The van der Waals surface area contributed by atoms with Crippen LogP contribution in [-0.4, -0.2) is 34.9 Å². The van der Waals surface area contributed by atoms with E-state index in [0.29, 0.717) is 0 Å². The van der Waals surface area contributed by atoms with Crippen LogP contribution >= 0.6 is 46.4 Å². The molecule has 0 aliphatic carbocycles. The van der Waals surface area contributed by atoms with Gasteiger partial charge in [0.2, 0.25) is 0 Å². The van der Waals surface area contributed by atoms with Gasteiger partial charge in [0.05, 0.1) is 10.7 Å². The van der Waals surface area contributed by atoms with E-state index in [1.807, 2.05) is 0 Å². The second-order valence-electron chi connectivity index (χ2n) is 16.1. The first-order valence-corrected chi connectivity index (χ1v) is 30.7. The van der Waals surface area contributed by atoms with E-state index in [9.17, 15) is 0 Å². The number of alkyl halides is 4. The van der Waals surface area contributed by atoms with Crippen molar-refractivity contribution in [2.75, 3.05) is 10.7 Å². The summed E-state index contributed by atoms with van der Waals surface area (Å²) in [4.78, 5) is 0. The highest BCUT2D eigenvalue weighted by Crippen LogP contribution is 2.55. The lowest BCUT2D eigenvalue weighted by Gasteiger charge is -2.36. The van der Waals surface area contributed by atoms with Crippen molar-refractivity contribution in [3.8, 4) is 22.9 Å². The summed E-state index contributed by atoms with van der Waals surface area (Å²) in [6.45, 7) is 13.8. The average molecular weight is 901 g/mol. The number of hydrogen-bond donors (Lipinski definition) is 0. The van der Waals surface area contributed by atoms with Gasteiger partial charge in [0.1, 0.15) is 16.1 Å². The van der Waals surface area contributed by atoms with Crippen LogP contribution in [0.4, 0.5) is 0 Å². The lowest BCUT2D eigenvalue weighted by Crippen LogP contribution is -2.59. The molecule has 0 saturated carbocycles. The van der Waals surface area contributed by atoms with Gasteiger partial charge in [-0.1, -0.05) is 197 Å². The maximum absolute atomic E-state index is 4.76. The first kappa shape index (κ1) is 45.8. The third-order valence-electron chi connectivity index (χ3n) is 9.55. The monoisotopic (exact) mass is 898 g/mol. The van der Waals surface area contributed by atoms with Crippen LogP contribution < -0.4 is 10.4 Å². The molecule has 0 amide bonds. The van der Waals surface area contributed by atoms with Gasteiger partial charge in [-0.05, 0) is 78.4 Å². The summed E-state index contributed by atoms with van der Waals surface area (Å²) in [5.41, 5.74) is 16.8. The Kier molecular flexibility index (Phi) is 16.5. The fourth-order valence-electron chi connectivity index (χ4n) is 7.34. The Morgan fingerprint density at radius 3 is 0.915 bits per heavy atom. The van der Waals surface area contributed by atoms with Crippen LogP contribution in [0.15, 0.2) is 170 Å². The quantitative estimate of drug-likeness (QED) is 0.0888. The third-order valence-corrected chi connectivity index (χ3v) is 16.3. The SMILES string of the molecule is C[Si](C)(C)C#Cc1ccc(C2=C(c3ccccc3)C(c3ccccc3)=C(c3ccc(C#C[Si](C)(C)C)cc3)[Si]2(c2ccccc2)c2ccccc2)cc1.ClCCl.ClCCl. The van der Waals surface area contributed by atoms with Gasteiger partial charge in [-0.2, -0.15) is 0 Å². The molecule has 59 heavy (non-hydrogen) atoms. The normalized spacial score (nSPS) is 13.1. The van der Waals surface area contributed by atoms with Gasteiger partial charge in [0, 0.05) is 11.1 Å². The minimum absolute atomic E-state index is 0.194. The van der Waals surface area contributed by atoms with Gasteiger partial charge in [0.15, 0.2) is 8.07 Å². The van der Waals surface area contributed by atoms with Gasteiger partial charge in [0.25, 0.3) is 0 Å². The Bertz CT molecular complexity index is 2280. The van der Waals surface area contributed by atoms with E-state index in [4.69, 9.17) is 46.4 Å². The van der Waals surface area contributed by atoms with Crippen molar-refractivity contribution < 1.29 is 0 Å². The van der Waals surface area contributed by atoms with Gasteiger partial charge in [-0.25, -0.2) is 0 Å². The highest BCUT2D eigenvalue weighted by Gasteiger charge is 2.53. The Labute approximate surface area is 376 Å². The van der Waals surface area contributed by atoms with E-state index in [1.54, 1.807) is 0 Å². The predicted octanol–water partition coefficient (Wildman–Crippen LogP) is 13.9. The average Bonchev–Trinajstić information content (AvgIpc) is 3.57. The zero-order valence-corrected chi connectivity index (χ0v) is 40.6. The molecule has 7 heteroatoms. The van der Waals surface area contributed by atoms with Crippen LogP contribution in [0.5, 0.6) is 0 Å². The summed E-state index contributed by atoms with van der Waals surface area (Å²) >= 11 is 19.1. The minimum Gasteiger partial charge on any atom is -0.127 e. The zero-order valence-electron chi connectivity index (χ0n) is 34.6. The molecular weight excluding hydrogens is 851 g/mol. The van der Waals surface area contributed by atoms with Crippen molar-refractivity contribution >= 4 is 103 Å². The Balaban J connectivity index is 0.00000104. The highest BCUT2D eigenvalue weighted by molar-refractivity contribution is 7.29. The molecule has 0 fully saturated rings. The number of hydrogen-bond acceptors (Lipinski definition) is 0. The molecule has 298 valence electrons. The van der Waals surface area contributed by atoms with Crippen LogP contribution in [0.1, 0.15) is 33.4 Å². The minimum atomic E-state index is -3.05. The molecule has 0 nitrogen and oxygen atoms in total. The standard InChI is InChI=1S/C50H46Si3.2CH2Cl2/c1-51(2,3)37-35-39-27-31-43(32-28-39)49-47(41-19-11-7-12-20-41)48(42-21-13-8-14-22-42)50(44-33-29-40(30-34-44)36-38-52(4,5)6)53(49,45-23-15-9-16-24-45)46-25-17-10-18-26-46;2*2-1-3/h7-34H,1-6H3;2*1H2. The maximum Gasteiger partial charge on any atom is 0.182 e. The van der Waals surface area contributed by atoms with Crippen LogP contribution in [0.25, 0.3) is 21.5 Å². The van der Waals surface area contributed by atoms with Crippen molar-refractivity contribution in [2.45, 2.75) is 39.3 Å². The summed E-state index contributed by atoms with van der Waals surface area (Å²) in [5, 5.41) is 5.92. The van der Waals surface area contributed by atoms with Crippen molar-refractivity contribution in [1.82, 2.24) is 0 Å². The van der Waals surface area contributed by atoms with Crippen molar-refractivity contribution in [3.63, 3.8) is 0 Å². The van der Waals surface area contributed by atoms with Gasteiger partial charge >= 0.3 is 0 Å². The molecule has 6 aromatic rings. The topological polar surface area (TPSA) is 0 Å². The molecule has 1 heterocycles. The number of halogens is 4. The number of rotatable bonds is 6. The first-order chi connectivity index (χ1) is 28.4. The molecule has 0 atom stereocenters. The summed E-state index contributed by atoms with van der Waals surface area (Å²) in [6.07, 6.45) is 0. The van der Waals surface area contributed by atoms with E-state index in [0.717, 1.165) is 11.1 Å². The molecule has 0 radical (unpaired) electrons. The maximum atomic E-state index is 4.76. The van der Waals surface area contributed by atoms with E-state index in [-0.39, 0.29) is 10.7 Å². The summed E-state index contributed by atoms with van der Waals surface area (Å²) in [6, 6.07) is 63.0. The molecule has 0 N–H and O–H groups in total. The van der Waals surface area contributed by atoms with Crippen LogP contribution in [0.3, 0.4) is 0 Å². The molecule has 1 aliphatic rings. The Morgan fingerprint density at radius 2 is 0.644 bits per heavy atom. The van der Waals surface area contributed by atoms with E-state index < -0.39 is 24.2 Å². The highest BCUT2D eigenvalue weighted by atomic mass is 35.5. The second kappa shape index (κ2) is 21.3. The smallest absolute Gasteiger partial charge is 0.127 e. The van der Waals surface area contributed by atoms with E-state index in [1.165, 1.54) is 54.2 Å². The number of benzene rings is 6. The molecular formula is C52H50Cl4Si3. The summed E-state index contributed by atoms with van der Waals surface area (Å²) in [7, 11) is -6.12. The first-order valence-electron chi connectivity index (χ1n) is 19.6. The van der Waals surface area contributed by atoms with Gasteiger partial charge in [-0.15, -0.1) is 57.5 Å². The number of allylic oxidation sites excluding steroid dienone is 2.